The van der Waals surface area contributed by atoms with Crippen LogP contribution >= 0.6 is 0 Å². The molecule has 1 aliphatic rings. The van der Waals surface area contributed by atoms with Crippen molar-refractivity contribution in [1.29, 1.82) is 0 Å². The Bertz CT molecular complexity index is 614. The van der Waals surface area contributed by atoms with Crippen LogP contribution in [-0.2, 0) is 17.1 Å². The number of hydrogen-bond acceptors (Lipinski definition) is 3. The molecule has 0 aliphatic heterocycles. The zero-order valence-electron chi connectivity index (χ0n) is 13.3. The summed E-state index contributed by atoms with van der Waals surface area (Å²) in [6.45, 7) is 0. The second kappa shape index (κ2) is 7.28. The summed E-state index contributed by atoms with van der Waals surface area (Å²) in [4.78, 5) is 12.5. The van der Waals surface area contributed by atoms with E-state index in [1.165, 1.54) is 38.6 Å². The summed E-state index contributed by atoms with van der Waals surface area (Å²) in [7, 11) is -0.488. The summed E-state index contributed by atoms with van der Waals surface area (Å²) in [6.07, 6.45) is 9.45. The van der Waals surface area contributed by atoms with Crippen molar-refractivity contribution in [2.24, 2.45) is 7.05 Å². The Kier molecular flexibility index (Phi) is 5.63. The van der Waals surface area contributed by atoms with Crippen molar-refractivity contribution < 1.29 is 13.2 Å². The molecule has 0 aromatic carbocycles. The summed E-state index contributed by atoms with van der Waals surface area (Å²) in [5.41, 5.74) is 0.371. The molecular formula is C15H25N3O3S. The van der Waals surface area contributed by atoms with Crippen molar-refractivity contribution >= 4 is 15.9 Å². The third-order valence-electron chi connectivity index (χ3n) is 4.23. The second-order valence-corrected chi connectivity index (χ2v) is 7.78. The first-order valence-corrected chi connectivity index (χ1v) is 9.33. The first-order chi connectivity index (χ1) is 10.4. The molecular weight excluding hydrogens is 302 g/mol. The lowest BCUT2D eigenvalue weighted by molar-refractivity contribution is 0.0922. The summed E-state index contributed by atoms with van der Waals surface area (Å²) in [6, 6.07) is 1.61. The van der Waals surface area contributed by atoms with Gasteiger partial charge in [0.05, 0.1) is 0 Å². The third-order valence-corrected chi connectivity index (χ3v) is 5.61. The Morgan fingerprint density at radius 2 is 1.77 bits per heavy atom. The van der Waals surface area contributed by atoms with E-state index in [-0.39, 0.29) is 16.8 Å². The summed E-state index contributed by atoms with van der Waals surface area (Å²) in [5.74, 6) is -0.203. The van der Waals surface area contributed by atoms with Crippen LogP contribution in [0.1, 0.15) is 55.4 Å². The van der Waals surface area contributed by atoms with Crippen LogP contribution in [0.3, 0.4) is 0 Å². The van der Waals surface area contributed by atoms with E-state index in [0.29, 0.717) is 5.69 Å². The highest BCUT2D eigenvalue weighted by Gasteiger charge is 2.21. The molecule has 1 amide bonds. The van der Waals surface area contributed by atoms with E-state index >= 15 is 0 Å². The van der Waals surface area contributed by atoms with Gasteiger partial charge in [0.25, 0.3) is 5.91 Å². The van der Waals surface area contributed by atoms with Gasteiger partial charge in [0.1, 0.15) is 10.6 Å². The molecule has 1 heterocycles. The van der Waals surface area contributed by atoms with Gasteiger partial charge in [0.2, 0.25) is 10.0 Å². The van der Waals surface area contributed by atoms with Crippen molar-refractivity contribution in [1.82, 2.24) is 14.6 Å². The maximum atomic E-state index is 12.4. The molecule has 1 aromatic heterocycles. The highest BCUT2D eigenvalue weighted by Crippen LogP contribution is 2.18. The Balaban J connectivity index is 2.09. The highest BCUT2D eigenvalue weighted by molar-refractivity contribution is 7.89. The topological polar surface area (TPSA) is 80.2 Å². The number of sulfonamides is 1. The number of hydrogen-bond donors (Lipinski definition) is 2. The van der Waals surface area contributed by atoms with E-state index in [1.54, 1.807) is 11.6 Å². The first kappa shape index (κ1) is 17.0. The number of amides is 1. The van der Waals surface area contributed by atoms with Crippen molar-refractivity contribution in [3.05, 3.63) is 18.0 Å². The number of carbonyl (C=O) groups is 1. The lowest BCUT2D eigenvalue weighted by Crippen LogP contribution is -2.36. The van der Waals surface area contributed by atoms with E-state index in [0.717, 1.165) is 25.7 Å². The minimum atomic E-state index is -3.53. The smallest absolute Gasteiger partial charge is 0.268 e. The molecule has 6 nitrogen and oxygen atoms in total. The van der Waals surface area contributed by atoms with Crippen LogP contribution in [0, 0.1) is 0 Å². The van der Waals surface area contributed by atoms with E-state index in [4.69, 9.17) is 0 Å². The van der Waals surface area contributed by atoms with Gasteiger partial charge in [-0.05, 0) is 26.0 Å². The first-order valence-electron chi connectivity index (χ1n) is 7.85. The minimum Gasteiger partial charge on any atom is -0.348 e. The van der Waals surface area contributed by atoms with Crippen LogP contribution in [0.15, 0.2) is 17.2 Å². The molecule has 2 rings (SSSR count). The number of aryl methyl sites for hydroxylation is 1. The summed E-state index contributed by atoms with van der Waals surface area (Å²) >= 11 is 0. The SMILES string of the molecule is CNS(=O)(=O)c1cc(C(=O)NC2CCCCCCC2)n(C)c1. The Hall–Kier alpha value is -1.34. The van der Waals surface area contributed by atoms with Gasteiger partial charge < -0.3 is 9.88 Å². The average molecular weight is 327 g/mol. The molecule has 1 fully saturated rings. The van der Waals surface area contributed by atoms with Crippen LogP contribution in [0.5, 0.6) is 0 Å². The van der Waals surface area contributed by atoms with Gasteiger partial charge in [-0.25, -0.2) is 13.1 Å². The van der Waals surface area contributed by atoms with E-state index in [1.807, 2.05) is 0 Å². The van der Waals surface area contributed by atoms with Crippen molar-refractivity contribution in [2.75, 3.05) is 7.05 Å². The summed E-state index contributed by atoms with van der Waals surface area (Å²) < 4.78 is 27.4. The number of rotatable bonds is 4. The van der Waals surface area contributed by atoms with Gasteiger partial charge in [-0.3, -0.25) is 4.79 Å². The monoisotopic (exact) mass is 327 g/mol. The lowest BCUT2D eigenvalue weighted by Gasteiger charge is -2.21. The zero-order chi connectivity index (χ0) is 16.2. The maximum Gasteiger partial charge on any atom is 0.268 e. The molecule has 7 heteroatoms. The molecule has 1 aliphatic carbocycles. The normalized spacial score (nSPS) is 17.7. The number of nitrogens with zero attached hydrogens (tertiary/aromatic N) is 1. The second-order valence-electron chi connectivity index (χ2n) is 5.90. The number of aromatic nitrogens is 1. The minimum absolute atomic E-state index is 0.111. The lowest BCUT2D eigenvalue weighted by atomic mass is 9.96. The maximum absolute atomic E-state index is 12.4. The van der Waals surface area contributed by atoms with Crippen LogP contribution in [-0.4, -0.2) is 32.0 Å². The predicted molar refractivity (Wildman–Crippen MR) is 85.2 cm³/mol. The fourth-order valence-electron chi connectivity index (χ4n) is 2.88. The molecule has 0 radical (unpaired) electrons. The van der Waals surface area contributed by atoms with Gasteiger partial charge in [0.15, 0.2) is 0 Å². The van der Waals surface area contributed by atoms with Crippen LogP contribution in [0.2, 0.25) is 0 Å². The van der Waals surface area contributed by atoms with Crippen molar-refractivity contribution in [3.8, 4) is 0 Å². The average Bonchev–Trinajstić information content (AvgIpc) is 2.84. The molecule has 22 heavy (non-hydrogen) atoms. The zero-order valence-corrected chi connectivity index (χ0v) is 14.1. The fraction of sp³-hybridized carbons (Fsp3) is 0.667. The van der Waals surface area contributed by atoms with Gasteiger partial charge in [-0.2, -0.15) is 0 Å². The Morgan fingerprint density at radius 3 is 2.36 bits per heavy atom. The number of nitrogens with one attached hydrogen (secondary N) is 2. The predicted octanol–water partition coefficient (Wildman–Crippen LogP) is 1.78. The molecule has 0 bridgehead atoms. The molecule has 0 saturated heterocycles. The Morgan fingerprint density at radius 1 is 1.18 bits per heavy atom. The van der Waals surface area contributed by atoms with Crippen molar-refractivity contribution in [2.45, 2.75) is 55.9 Å². The highest BCUT2D eigenvalue weighted by atomic mass is 32.2. The van der Waals surface area contributed by atoms with Crippen molar-refractivity contribution in [3.63, 3.8) is 0 Å². The molecule has 0 unspecified atom stereocenters. The van der Waals surface area contributed by atoms with Crippen LogP contribution in [0.25, 0.3) is 0 Å². The quantitative estimate of drug-likeness (QED) is 0.884. The Labute approximate surface area is 132 Å². The molecule has 1 saturated carbocycles. The van der Waals surface area contributed by atoms with E-state index in [2.05, 4.69) is 10.0 Å². The standard InChI is InChI=1S/C15H25N3O3S/c1-16-22(20,21)13-10-14(18(2)11-13)15(19)17-12-8-6-4-3-5-7-9-12/h10-12,16H,3-9H2,1-2H3,(H,17,19). The molecule has 124 valence electrons. The largest absolute Gasteiger partial charge is 0.348 e. The van der Waals surface area contributed by atoms with Crippen LogP contribution in [0.4, 0.5) is 0 Å². The van der Waals surface area contributed by atoms with Crippen LogP contribution < -0.4 is 10.0 Å². The summed E-state index contributed by atoms with van der Waals surface area (Å²) in [5, 5.41) is 3.05. The molecule has 1 aromatic rings. The molecule has 0 atom stereocenters. The molecule has 2 N–H and O–H groups in total. The van der Waals surface area contributed by atoms with Gasteiger partial charge in [-0.15, -0.1) is 0 Å². The number of carbonyl (C=O) groups excluding carboxylic acids is 1. The van der Waals surface area contributed by atoms with E-state index in [9.17, 15) is 13.2 Å². The third kappa shape index (κ3) is 4.10. The van der Waals surface area contributed by atoms with Gasteiger partial charge in [0, 0.05) is 19.3 Å². The van der Waals surface area contributed by atoms with E-state index < -0.39 is 10.0 Å². The fourth-order valence-corrected chi connectivity index (χ4v) is 3.68. The molecule has 0 spiro atoms. The van der Waals surface area contributed by atoms with Gasteiger partial charge >= 0.3 is 0 Å². The van der Waals surface area contributed by atoms with Gasteiger partial charge in [-0.1, -0.05) is 32.1 Å².